The summed E-state index contributed by atoms with van der Waals surface area (Å²) in [5, 5.41) is 2.44. The van der Waals surface area contributed by atoms with Crippen LogP contribution in [0.4, 0.5) is 13.2 Å². The Morgan fingerprint density at radius 3 is 2.47 bits per heavy atom. The van der Waals surface area contributed by atoms with Gasteiger partial charge in [0.2, 0.25) is 0 Å². The Bertz CT molecular complexity index is 582. The number of benzene rings is 1. The highest BCUT2D eigenvalue weighted by atomic mass is 19.2. The summed E-state index contributed by atoms with van der Waals surface area (Å²) in [4.78, 5) is 11.6. The maximum atomic E-state index is 13.3. The monoisotopic (exact) mass is 268 g/mol. The Hall–Kier alpha value is -2.24. The molecule has 6 heteroatoms. The average molecular weight is 268 g/mol. The van der Waals surface area contributed by atoms with Crippen molar-refractivity contribution < 1.29 is 18.0 Å². The largest absolute Gasteiger partial charge is 0.353 e. The zero-order chi connectivity index (χ0) is 13.8. The lowest BCUT2D eigenvalue weighted by molar-refractivity contribution is 0.0947. The van der Waals surface area contributed by atoms with Crippen molar-refractivity contribution in [3.05, 3.63) is 59.7 Å². The van der Waals surface area contributed by atoms with E-state index in [1.165, 1.54) is 0 Å². The topological polar surface area (TPSA) is 34.0 Å². The first-order valence-corrected chi connectivity index (χ1v) is 5.62. The minimum Gasteiger partial charge on any atom is -0.353 e. The molecule has 0 fully saturated rings. The van der Waals surface area contributed by atoms with Crippen molar-refractivity contribution in [3.8, 4) is 0 Å². The third-order valence-electron chi connectivity index (χ3n) is 2.60. The molecule has 2 rings (SSSR count). The van der Waals surface area contributed by atoms with Crippen molar-refractivity contribution in [1.29, 1.82) is 0 Å². The number of aromatic nitrogens is 1. The van der Waals surface area contributed by atoms with Gasteiger partial charge in [-0.05, 0) is 24.3 Å². The quantitative estimate of drug-likeness (QED) is 0.848. The molecule has 1 aromatic heterocycles. The molecular weight excluding hydrogens is 257 g/mol. The van der Waals surface area contributed by atoms with Gasteiger partial charge in [-0.2, -0.15) is 0 Å². The van der Waals surface area contributed by atoms with Crippen LogP contribution in [0.25, 0.3) is 0 Å². The molecule has 0 saturated carbocycles. The number of nitrogens with one attached hydrogen (secondary N) is 1. The number of carbonyl (C=O) groups is 1. The number of hydrogen-bond acceptors (Lipinski definition) is 1. The Kier molecular flexibility index (Phi) is 3.89. The van der Waals surface area contributed by atoms with Crippen LogP contribution in [0.3, 0.4) is 0 Å². The number of halogens is 3. The van der Waals surface area contributed by atoms with E-state index in [-0.39, 0.29) is 6.54 Å². The fraction of sp³-hybridized carbons (Fsp3) is 0.154. The van der Waals surface area contributed by atoms with Crippen molar-refractivity contribution in [2.75, 3.05) is 6.54 Å². The van der Waals surface area contributed by atoms with E-state index in [0.29, 0.717) is 6.54 Å². The van der Waals surface area contributed by atoms with Gasteiger partial charge < -0.3 is 9.88 Å². The van der Waals surface area contributed by atoms with E-state index in [1.807, 2.05) is 29.1 Å². The van der Waals surface area contributed by atoms with E-state index in [9.17, 15) is 18.0 Å². The van der Waals surface area contributed by atoms with Crippen LogP contribution < -0.4 is 5.32 Å². The zero-order valence-corrected chi connectivity index (χ0v) is 9.87. The molecule has 2 aromatic rings. The lowest BCUT2D eigenvalue weighted by atomic mass is 10.2. The van der Waals surface area contributed by atoms with Gasteiger partial charge in [0, 0.05) is 25.5 Å². The van der Waals surface area contributed by atoms with Crippen LogP contribution in [0.15, 0.2) is 36.7 Å². The molecule has 1 N–H and O–H groups in total. The molecular formula is C13H11F3N2O. The Morgan fingerprint density at radius 2 is 1.79 bits per heavy atom. The van der Waals surface area contributed by atoms with Gasteiger partial charge in [-0.25, -0.2) is 13.2 Å². The van der Waals surface area contributed by atoms with Crippen LogP contribution in [0.1, 0.15) is 10.4 Å². The standard InChI is InChI=1S/C13H11F3N2O/c14-10-4-3-9(11(15)12(10)16)13(19)17-5-8-18-6-1-2-7-18/h1-4,6-7H,5,8H2,(H,17,19). The molecule has 100 valence electrons. The predicted octanol–water partition coefficient (Wildman–Crippen LogP) is 2.34. The van der Waals surface area contributed by atoms with Crippen molar-refractivity contribution in [3.63, 3.8) is 0 Å². The highest BCUT2D eigenvalue weighted by Crippen LogP contribution is 2.14. The molecule has 0 radical (unpaired) electrons. The number of carbonyl (C=O) groups excluding carboxylic acids is 1. The molecule has 0 saturated heterocycles. The van der Waals surface area contributed by atoms with E-state index in [0.717, 1.165) is 12.1 Å². The summed E-state index contributed by atoms with van der Waals surface area (Å²) in [6.07, 6.45) is 3.62. The number of hydrogen-bond donors (Lipinski definition) is 1. The van der Waals surface area contributed by atoms with E-state index in [1.54, 1.807) is 0 Å². The van der Waals surface area contributed by atoms with Gasteiger partial charge in [-0.15, -0.1) is 0 Å². The number of amides is 1. The molecule has 1 amide bonds. The van der Waals surface area contributed by atoms with Crippen molar-refractivity contribution in [1.82, 2.24) is 9.88 Å². The smallest absolute Gasteiger partial charge is 0.254 e. The highest BCUT2D eigenvalue weighted by molar-refractivity contribution is 5.94. The molecule has 0 aliphatic heterocycles. The lowest BCUT2D eigenvalue weighted by Gasteiger charge is -2.07. The first-order chi connectivity index (χ1) is 9.09. The normalized spacial score (nSPS) is 10.5. The van der Waals surface area contributed by atoms with E-state index >= 15 is 0 Å². The Balaban J connectivity index is 1.98. The second kappa shape index (κ2) is 5.60. The number of rotatable bonds is 4. The SMILES string of the molecule is O=C(NCCn1cccc1)c1ccc(F)c(F)c1F. The molecule has 1 aromatic carbocycles. The van der Waals surface area contributed by atoms with E-state index < -0.39 is 28.9 Å². The van der Waals surface area contributed by atoms with Crippen LogP contribution in [-0.2, 0) is 6.54 Å². The van der Waals surface area contributed by atoms with Crippen molar-refractivity contribution in [2.45, 2.75) is 6.54 Å². The van der Waals surface area contributed by atoms with E-state index in [2.05, 4.69) is 5.32 Å². The first-order valence-electron chi connectivity index (χ1n) is 5.62. The molecule has 0 spiro atoms. The second-order valence-electron chi connectivity index (χ2n) is 3.90. The zero-order valence-electron chi connectivity index (χ0n) is 9.87. The van der Waals surface area contributed by atoms with Gasteiger partial charge in [0.15, 0.2) is 17.5 Å². The average Bonchev–Trinajstić information content (AvgIpc) is 2.89. The van der Waals surface area contributed by atoms with Gasteiger partial charge in [-0.1, -0.05) is 0 Å². The minimum absolute atomic E-state index is 0.256. The minimum atomic E-state index is -1.64. The Labute approximate surface area is 107 Å². The molecule has 0 atom stereocenters. The maximum Gasteiger partial charge on any atom is 0.254 e. The third-order valence-corrected chi connectivity index (χ3v) is 2.60. The summed E-state index contributed by atoms with van der Waals surface area (Å²) in [5.41, 5.74) is -0.508. The summed E-state index contributed by atoms with van der Waals surface area (Å²) >= 11 is 0. The second-order valence-corrected chi connectivity index (χ2v) is 3.90. The predicted molar refractivity (Wildman–Crippen MR) is 63.1 cm³/mol. The fourth-order valence-corrected chi connectivity index (χ4v) is 1.61. The number of nitrogens with zero attached hydrogens (tertiary/aromatic N) is 1. The summed E-state index contributed by atoms with van der Waals surface area (Å²) in [6.45, 7) is 0.760. The molecule has 0 unspecified atom stereocenters. The van der Waals surface area contributed by atoms with Gasteiger partial charge in [-0.3, -0.25) is 4.79 Å². The first kappa shape index (κ1) is 13.2. The Morgan fingerprint density at radius 1 is 1.11 bits per heavy atom. The summed E-state index contributed by atoms with van der Waals surface area (Å²) < 4.78 is 40.8. The van der Waals surface area contributed by atoms with Gasteiger partial charge in [0.1, 0.15) is 0 Å². The summed E-state index contributed by atoms with van der Waals surface area (Å²) in [5.74, 6) is -5.21. The van der Waals surface area contributed by atoms with Gasteiger partial charge >= 0.3 is 0 Å². The summed E-state index contributed by atoms with van der Waals surface area (Å²) in [7, 11) is 0. The van der Waals surface area contributed by atoms with Crippen molar-refractivity contribution >= 4 is 5.91 Å². The molecule has 1 heterocycles. The molecule has 0 aliphatic carbocycles. The van der Waals surface area contributed by atoms with Gasteiger partial charge in [0.05, 0.1) is 5.56 Å². The van der Waals surface area contributed by atoms with Crippen LogP contribution in [0, 0.1) is 17.5 Å². The third kappa shape index (κ3) is 2.96. The van der Waals surface area contributed by atoms with Crippen LogP contribution in [0.2, 0.25) is 0 Å². The summed E-state index contributed by atoms with van der Waals surface area (Å²) in [6, 6.07) is 5.30. The van der Waals surface area contributed by atoms with Crippen LogP contribution in [0.5, 0.6) is 0 Å². The molecule has 19 heavy (non-hydrogen) atoms. The van der Waals surface area contributed by atoms with E-state index in [4.69, 9.17) is 0 Å². The lowest BCUT2D eigenvalue weighted by Crippen LogP contribution is -2.28. The highest BCUT2D eigenvalue weighted by Gasteiger charge is 2.18. The molecule has 3 nitrogen and oxygen atoms in total. The molecule has 0 bridgehead atoms. The van der Waals surface area contributed by atoms with Crippen LogP contribution in [-0.4, -0.2) is 17.0 Å². The fourth-order valence-electron chi connectivity index (χ4n) is 1.61. The molecule has 0 aliphatic rings. The van der Waals surface area contributed by atoms with Crippen LogP contribution >= 0.6 is 0 Å². The maximum absolute atomic E-state index is 13.3. The van der Waals surface area contributed by atoms with Gasteiger partial charge in [0.25, 0.3) is 5.91 Å². The van der Waals surface area contributed by atoms with Crippen molar-refractivity contribution in [2.24, 2.45) is 0 Å².